The minimum absolute atomic E-state index is 0.489. The Morgan fingerprint density at radius 2 is 0.902 bits per heavy atom. The highest BCUT2D eigenvalue weighted by Crippen LogP contribution is 2.32. The van der Waals surface area contributed by atoms with E-state index in [4.69, 9.17) is 33.2 Å². The van der Waals surface area contributed by atoms with E-state index in [1.165, 1.54) is 0 Å². The molecule has 4 heterocycles. The molecule has 18 atom stereocenters. The Labute approximate surface area is 232 Å². The van der Waals surface area contributed by atoms with Crippen molar-refractivity contribution >= 4 is 0 Å². The van der Waals surface area contributed by atoms with Gasteiger partial charge in [-0.1, -0.05) is 0 Å². The van der Waals surface area contributed by atoms with Gasteiger partial charge in [-0.15, -0.1) is 0 Å². The van der Waals surface area contributed by atoms with E-state index in [2.05, 4.69) is 0 Å². The zero-order valence-electron chi connectivity index (χ0n) is 21.4. The summed E-state index contributed by atoms with van der Waals surface area (Å²) in [5.41, 5.74) is 0. The molecule has 0 aromatic rings. The van der Waals surface area contributed by atoms with Crippen molar-refractivity contribution in [2.45, 2.75) is 111 Å². The average Bonchev–Trinajstić information content (AvgIpc) is 2.95. The quantitative estimate of drug-likeness (QED) is 0.122. The van der Waals surface area contributed by atoms with Gasteiger partial charge in [-0.25, -0.2) is 0 Å². The molecule has 19 heteroatoms. The minimum atomic E-state index is -1.87. The average molecular weight is 607 g/mol. The molecular weight excluding hydrogens is 568 g/mol. The van der Waals surface area contributed by atoms with Crippen molar-refractivity contribution in [2.24, 2.45) is 0 Å². The van der Waals surface area contributed by atoms with E-state index < -0.39 is 137 Å². The van der Waals surface area contributed by atoms with E-state index in [0.29, 0.717) is 0 Å². The van der Waals surface area contributed by atoms with Crippen molar-refractivity contribution in [2.75, 3.05) is 26.4 Å². The number of hydrogen-bond donors (Lipinski definition) is 12. The van der Waals surface area contributed by atoms with E-state index in [-0.39, 0.29) is 0 Å². The number of aliphatic hydroxyl groups is 12. The Morgan fingerprint density at radius 1 is 0.463 bits per heavy atom. The first-order valence-electron chi connectivity index (χ1n) is 12.9. The van der Waals surface area contributed by atoms with Crippen molar-refractivity contribution in [1.29, 1.82) is 0 Å². The number of aliphatic hydroxyl groups excluding tert-OH is 12. The Kier molecular flexibility index (Phi) is 11.2. The molecule has 4 saturated heterocycles. The maximum atomic E-state index is 10.9. The summed E-state index contributed by atoms with van der Waals surface area (Å²) in [6.07, 6.45) is -30.2. The van der Waals surface area contributed by atoms with E-state index in [1.54, 1.807) is 0 Å². The molecule has 4 aliphatic heterocycles. The molecule has 4 rings (SSSR count). The topological polar surface area (TPSA) is 307 Å². The van der Waals surface area contributed by atoms with Crippen LogP contribution in [0, 0.1) is 0 Å². The first-order chi connectivity index (χ1) is 19.4. The minimum Gasteiger partial charge on any atom is -0.394 e. The molecule has 0 unspecified atom stereocenters. The van der Waals surface area contributed by atoms with Gasteiger partial charge in [0.1, 0.15) is 85.5 Å². The van der Waals surface area contributed by atoms with E-state index >= 15 is 0 Å². The second kappa shape index (κ2) is 13.9. The smallest absolute Gasteiger partial charge is 0.187 e. The van der Waals surface area contributed by atoms with Crippen LogP contribution in [0.2, 0.25) is 0 Å². The zero-order valence-corrected chi connectivity index (χ0v) is 21.4. The Balaban J connectivity index is 1.46. The van der Waals surface area contributed by atoms with Crippen molar-refractivity contribution in [3.63, 3.8) is 0 Å². The molecule has 0 saturated carbocycles. The van der Waals surface area contributed by atoms with Gasteiger partial charge in [0.25, 0.3) is 0 Å². The summed E-state index contributed by atoms with van der Waals surface area (Å²) in [5.74, 6) is 0. The molecule has 4 aliphatic rings. The summed E-state index contributed by atoms with van der Waals surface area (Å²) in [4.78, 5) is 0. The maximum absolute atomic E-state index is 10.9. The SMILES string of the molecule is OC[C@H]1O[C@@H](O[C@@H]2[C@@H](O[C@@H]3OC[C@H](O)[C@H](O[C@@H]4O[C@H](CO)[C@H](O)[C@H](O)[C@H]4O)[C@H]3O)[C@@H](O)CO[C@H]2O)[C@H](O)[C@@H](O)[C@H]1O. The largest absolute Gasteiger partial charge is 0.394 e. The monoisotopic (exact) mass is 606 g/mol. The highest BCUT2D eigenvalue weighted by molar-refractivity contribution is 4.94. The third kappa shape index (κ3) is 6.83. The lowest BCUT2D eigenvalue weighted by molar-refractivity contribution is -0.381. The van der Waals surface area contributed by atoms with Gasteiger partial charge in [0.05, 0.1) is 26.4 Å². The molecule has 0 aromatic heterocycles. The van der Waals surface area contributed by atoms with Crippen LogP contribution in [-0.4, -0.2) is 198 Å². The van der Waals surface area contributed by atoms with Gasteiger partial charge in [-0.2, -0.15) is 0 Å². The Morgan fingerprint density at radius 3 is 1.41 bits per heavy atom. The van der Waals surface area contributed by atoms with Crippen molar-refractivity contribution in [1.82, 2.24) is 0 Å². The summed E-state index contributed by atoms with van der Waals surface area (Å²) >= 11 is 0. The lowest BCUT2D eigenvalue weighted by Crippen LogP contribution is -2.65. The molecule has 12 N–H and O–H groups in total. The number of rotatable bonds is 8. The van der Waals surface area contributed by atoms with E-state index in [9.17, 15) is 61.3 Å². The molecule has 0 aromatic carbocycles. The van der Waals surface area contributed by atoms with Crippen LogP contribution < -0.4 is 0 Å². The summed E-state index contributed by atoms with van der Waals surface area (Å²) in [6.45, 7) is -2.53. The van der Waals surface area contributed by atoms with Gasteiger partial charge in [-0.05, 0) is 0 Å². The van der Waals surface area contributed by atoms with E-state index in [0.717, 1.165) is 0 Å². The first-order valence-corrected chi connectivity index (χ1v) is 12.9. The van der Waals surface area contributed by atoms with Gasteiger partial charge in [0.2, 0.25) is 0 Å². The molecule has 0 spiro atoms. The standard InChI is InChI=1S/C22H38O19/c23-1-7-9(27)11(29)13(31)21(37-7)39-16-5(25)4-36-20(15(16)33)40-17-6(26)3-35-19(34)18(17)41-22-14(32)12(30)10(28)8(2-24)38-22/h5-34H,1-4H2/t5-,6-,7+,8+,9-,10-,11-,12-,13+,14+,15+,16-,17-,18+,19+,20-,21-,22-/m0/s1. The highest BCUT2D eigenvalue weighted by Gasteiger charge is 2.52. The van der Waals surface area contributed by atoms with Gasteiger partial charge in [0.15, 0.2) is 25.2 Å². The predicted octanol–water partition coefficient (Wildman–Crippen LogP) is -8.47. The van der Waals surface area contributed by atoms with Gasteiger partial charge >= 0.3 is 0 Å². The second-order valence-electron chi connectivity index (χ2n) is 10.2. The molecule has 0 radical (unpaired) electrons. The summed E-state index contributed by atoms with van der Waals surface area (Å²) in [6, 6.07) is 0. The van der Waals surface area contributed by atoms with Crippen LogP contribution in [0.5, 0.6) is 0 Å². The molecular formula is C22H38O19. The fourth-order valence-corrected chi connectivity index (χ4v) is 4.97. The van der Waals surface area contributed by atoms with E-state index in [1.807, 2.05) is 0 Å². The van der Waals surface area contributed by atoms with Crippen molar-refractivity contribution in [3.8, 4) is 0 Å². The summed E-state index contributed by atoms with van der Waals surface area (Å²) in [5, 5.41) is 122. The van der Waals surface area contributed by atoms with Crippen LogP contribution in [0.25, 0.3) is 0 Å². The lowest BCUT2D eigenvalue weighted by Gasteiger charge is -2.47. The van der Waals surface area contributed by atoms with Gasteiger partial charge < -0.3 is 94.4 Å². The summed E-state index contributed by atoms with van der Waals surface area (Å²) in [7, 11) is 0. The molecule has 19 nitrogen and oxygen atoms in total. The van der Waals surface area contributed by atoms with Crippen LogP contribution in [0.3, 0.4) is 0 Å². The lowest BCUT2D eigenvalue weighted by atomic mass is 9.98. The van der Waals surface area contributed by atoms with Crippen molar-refractivity contribution in [3.05, 3.63) is 0 Å². The molecule has 0 aliphatic carbocycles. The van der Waals surface area contributed by atoms with Crippen LogP contribution >= 0.6 is 0 Å². The molecule has 41 heavy (non-hydrogen) atoms. The molecule has 4 fully saturated rings. The third-order valence-electron chi connectivity index (χ3n) is 7.42. The van der Waals surface area contributed by atoms with Gasteiger partial charge in [0, 0.05) is 0 Å². The molecule has 0 amide bonds. The molecule has 240 valence electrons. The summed E-state index contributed by atoms with van der Waals surface area (Å²) < 4.78 is 37.6. The van der Waals surface area contributed by atoms with Gasteiger partial charge in [-0.3, -0.25) is 0 Å². The Bertz CT molecular complexity index is 820. The van der Waals surface area contributed by atoms with Crippen LogP contribution in [0.1, 0.15) is 0 Å². The van der Waals surface area contributed by atoms with Crippen LogP contribution in [-0.2, 0) is 33.2 Å². The van der Waals surface area contributed by atoms with Crippen molar-refractivity contribution < 1.29 is 94.4 Å². The molecule has 0 bridgehead atoms. The Hall–Kier alpha value is -0.760. The number of ether oxygens (including phenoxy) is 7. The third-order valence-corrected chi connectivity index (χ3v) is 7.42. The maximum Gasteiger partial charge on any atom is 0.187 e. The normalized spacial score (nSPS) is 53.3. The zero-order chi connectivity index (χ0) is 30.2. The second-order valence-corrected chi connectivity index (χ2v) is 10.2. The fraction of sp³-hybridized carbons (Fsp3) is 1.00. The van der Waals surface area contributed by atoms with Crippen LogP contribution in [0.15, 0.2) is 0 Å². The number of hydrogen-bond acceptors (Lipinski definition) is 19. The predicted molar refractivity (Wildman–Crippen MR) is 122 cm³/mol. The highest BCUT2D eigenvalue weighted by atomic mass is 16.8. The first kappa shape index (κ1) is 33.1. The fourth-order valence-electron chi connectivity index (χ4n) is 4.97. The van der Waals surface area contributed by atoms with Crippen LogP contribution in [0.4, 0.5) is 0 Å².